The van der Waals surface area contributed by atoms with Gasteiger partial charge in [-0.1, -0.05) is 60.7 Å². The Morgan fingerprint density at radius 2 is 1.33 bits per heavy atom. The van der Waals surface area contributed by atoms with Crippen molar-refractivity contribution >= 4 is 34.9 Å². The Labute approximate surface area is 222 Å². The normalized spacial score (nSPS) is 17.6. The molecule has 0 aromatic heterocycles. The highest BCUT2D eigenvalue weighted by atomic mass is 16.6. The molecule has 0 bridgehead atoms. The molecule has 0 aliphatic carbocycles. The number of nitro groups is 1. The zero-order valence-corrected chi connectivity index (χ0v) is 20.3. The highest BCUT2D eigenvalue weighted by Crippen LogP contribution is 2.46. The van der Waals surface area contributed by atoms with Gasteiger partial charge in [-0.3, -0.25) is 29.3 Å². The number of benzene rings is 4. The van der Waals surface area contributed by atoms with Gasteiger partial charge >= 0.3 is 0 Å². The third-order valence-corrected chi connectivity index (χ3v) is 6.96. The summed E-state index contributed by atoms with van der Waals surface area (Å²) in [5, 5.41) is 11.0. The Morgan fingerprint density at radius 1 is 0.718 bits per heavy atom. The zero-order valence-electron chi connectivity index (χ0n) is 20.3. The van der Waals surface area contributed by atoms with Gasteiger partial charge in [0, 0.05) is 23.3 Å². The van der Waals surface area contributed by atoms with Gasteiger partial charge in [0.1, 0.15) is 6.04 Å². The van der Waals surface area contributed by atoms with Crippen LogP contribution in [0.5, 0.6) is 0 Å². The van der Waals surface area contributed by atoms with Crippen LogP contribution in [-0.4, -0.2) is 39.4 Å². The molecule has 9 heteroatoms. The molecule has 2 aliphatic heterocycles. The number of anilines is 1. The van der Waals surface area contributed by atoms with Crippen LogP contribution in [0.4, 0.5) is 11.4 Å². The monoisotopic (exact) mass is 517 g/mol. The summed E-state index contributed by atoms with van der Waals surface area (Å²) >= 11 is 0. The van der Waals surface area contributed by atoms with E-state index in [0.29, 0.717) is 5.56 Å². The zero-order chi connectivity index (χ0) is 27.3. The van der Waals surface area contributed by atoms with Crippen LogP contribution < -0.4 is 4.90 Å². The summed E-state index contributed by atoms with van der Waals surface area (Å²) in [6, 6.07) is 26.2. The van der Waals surface area contributed by atoms with Crippen molar-refractivity contribution in [3.63, 3.8) is 0 Å². The molecule has 190 valence electrons. The topological polar surface area (TPSA) is 118 Å². The summed E-state index contributed by atoms with van der Waals surface area (Å²) in [4.78, 5) is 66.1. The van der Waals surface area contributed by atoms with Crippen LogP contribution in [0.2, 0.25) is 0 Å². The van der Waals surface area contributed by atoms with E-state index < -0.39 is 34.7 Å². The van der Waals surface area contributed by atoms with Crippen LogP contribution in [-0.2, 0) is 0 Å². The van der Waals surface area contributed by atoms with Gasteiger partial charge in [0.15, 0.2) is 5.78 Å². The number of nitro benzene ring substituents is 1. The molecule has 1 saturated heterocycles. The smallest absolute Gasteiger partial charge is 0.269 e. The molecule has 0 spiro atoms. The summed E-state index contributed by atoms with van der Waals surface area (Å²) in [6.45, 7) is 0. The molecule has 0 radical (unpaired) electrons. The number of hydrogen-bond donors (Lipinski definition) is 0. The van der Waals surface area contributed by atoms with Crippen molar-refractivity contribution < 1.29 is 24.1 Å². The fourth-order valence-electron chi connectivity index (χ4n) is 5.00. The van der Waals surface area contributed by atoms with E-state index in [2.05, 4.69) is 0 Å². The maximum Gasteiger partial charge on any atom is 0.269 e. The predicted molar refractivity (Wildman–Crippen MR) is 141 cm³/mol. The third-order valence-electron chi connectivity index (χ3n) is 6.96. The van der Waals surface area contributed by atoms with Crippen molar-refractivity contribution in [3.05, 3.63) is 141 Å². The minimum Gasteiger partial charge on any atom is -0.316 e. The molecule has 2 atom stereocenters. The van der Waals surface area contributed by atoms with Crippen LogP contribution in [0.1, 0.15) is 53.0 Å². The number of carbonyl (C=O) groups is 4. The molecule has 0 unspecified atom stereocenters. The van der Waals surface area contributed by atoms with Crippen LogP contribution in [0, 0.1) is 10.1 Å². The highest BCUT2D eigenvalue weighted by molar-refractivity contribution is 6.34. The number of carbonyl (C=O) groups excluding carboxylic acids is 4. The molecule has 2 heterocycles. The summed E-state index contributed by atoms with van der Waals surface area (Å²) in [6.07, 6.45) is 0. The van der Waals surface area contributed by atoms with Crippen molar-refractivity contribution in [2.75, 3.05) is 4.90 Å². The molecule has 9 nitrogen and oxygen atoms in total. The first-order valence-electron chi connectivity index (χ1n) is 12.1. The van der Waals surface area contributed by atoms with Crippen molar-refractivity contribution in [1.29, 1.82) is 0 Å². The maximum absolute atomic E-state index is 13.7. The first kappa shape index (κ1) is 23.9. The first-order valence-corrected chi connectivity index (χ1v) is 12.1. The highest BCUT2D eigenvalue weighted by Gasteiger charge is 2.56. The standard InChI is InChI=1S/C30H19N3O6/c34-27(19-9-5-2-6-10-19)26-25(18-7-3-1-4-8-18)32(26)28(35)20-11-16-23-24(17-20)30(37)31(29(23)36)21-12-14-22(15-13-21)33(38)39/h1-17,25-26H/t25-,26+,32?/m1/s1. The summed E-state index contributed by atoms with van der Waals surface area (Å²) < 4.78 is 0. The SMILES string of the molecule is O=C(c1ccccc1)[C@@H]1[C@@H](c2ccccc2)N1C(=O)c1ccc2c(c1)C(=O)N(c1ccc([N+](=O)[O-])cc1)C2=O. The van der Waals surface area contributed by atoms with Gasteiger partial charge < -0.3 is 4.90 Å². The molecule has 3 amide bonds. The van der Waals surface area contributed by atoms with E-state index in [4.69, 9.17) is 0 Å². The van der Waals surface area contributed by atoms with E-state index >= 15 is 0 Å². The van der Waals surface area contributed by atoms with Gasteiger partial charge in [-0.25, -0.2) is 4.90 Å². The fraction of sp³-hybridized carbons (Fsp3) is 0.0667. The number of hydrogen-bond acceptors (Lipinski definition) is 6. The minimum atomic E-state index is -0.704. The van der Waals surface area contributed by atoms with Gasteiger partial charge in [0.2, 0.25) is 0 Å². The lowest BCUT2D eigenvalue weighted by Crippen LogP contribution is -2.29. The van der Waals surface area contributed by atoms with Crippen LogP contribution in [0.15, 0.2) is 103 Å². The molecule has 6 rings (SSSR count). The van der Waals surface area contributed by atoms with E-state index in [1.807, 2.05) is 36.4 Å². The van der Waals surface area contributed by atoms with Crippen molar-refractivity contribution in [1.82, 2.24) is 4.90 Å². The number of rotatable bonds is 6. The van der Waals surface area contributed by atoms with Gasteiger partial charge in [-0.15, -0.1) is 0 Å². The number of imide groups is 1. The number of non-ortho nitro benzene ring substituents is 1. The molecule has 4 aromatic carbocycles. The lowest BCUT2D eigenvalue weighted by atomic mass is 10.0. The molecule has 4 aromatic rings. The first-order chi connectivity index (χ1) is 18.9. The largest absolute Gasteiger partial charge is 0.316 e. The molecular weight excluding hydrogens is 498 g/mol. The second-order valence-electron chi connectivity index (χ2n) is 9.22. The van der Waals surface area contributed by atoms with E-state index in [1.165, 1.54) is 47.4 Å². The van der Waals surface area contributed by atoms with Crippen molar-refractivity contribution in [3.8, 4) is 0 Å². The second-order valence-corrected chi connectivity index (χ2v) is 9.22. The number of nitrogens with zero attached hydrogens (tertiary/aromatic N) is 3. The van der Waals surface area contributed by atoms with Gasteiger partial charge in [-0.05, 0) is 35.9 Å². The lowest BCUT2D eigenvalue weighted by Gasteiger charge is -2.13. The summed E-state index contributed by atoms with van der Waals surface area (Å²) in [5.41, 5.74) is 1.66. The molecule has 0 saturated carbocycles. The Kier molecular flexibility index (Phi) is 5.61. The van der Waals surface area contributed by atoms with Crippen LogP contribution >= 0.6 is 0 Å². The minimum absolute atomic E-state index is 0.0493. The van der Waals surface area contributed by atoms with E-state index in [1.54, 1.807) is 24.3 Å². The maximum atomic E-state index is 13.7. The quantitative estimate of drug-likeness (QED) is 0.119. The average molecular weight is 517 g/mol. The molecule has 1 fully saturated rings. The Bertz CT molecular complexity index is 1670. The summed E-state index contributed by atoms with van der Waals surface area (Å²) in [7, 11) is 0. The Balaban J connectivity index is 1.31. The van der Waals surface area contributed by atoms with Gasteiger partial charge in [0.25, 0.3) is 23.4 Å². The number of fused-ring (bicyclic) bond motifs is 1. The van der Waals surface area contributed by atoms with Crippen LogP contribution in [0.25, 0.3) is 0 Å². The van der Waals surface area contributed by atoms with Gasteiger partial charge in [-0.2, -0.15) is 0 Å². The second kappa shape index (κ2) is 9.14. The third kappa shape index (κ3) is 3.97. The van der Waals surface area contributed by atoms with Crippen LogP contribution in [0.3, 0.4) is 0 Å². The molecule has 39 heavy (non-hydrogen) atoms. The number of Topliss-reactive ketones (excluding diaryl/α,β-unsaturated/α-hetero) is 1. The summed E-state index contributed by atoms with van der Waals surface area (Å²) in [5.74, 6) is -1.85. The van der Waals surface area contributed by atoms with Crippen molar-refractivity contribution in [2.45, 2.75) is 12.1 Å². The van der Waals surface area contributed by atoms with E-state index in [-0.39, 0.29) is 33.8 Å². The lowest BCUT2D eigenvalue weighted by molar-refractivity contribution is -0.384. The molecule has 0 N–H and O–H groups in total. The Morgan fingerprint density at radius 3 is 1.97 bits per heavy atom. The molecular formula is C30H19N3O6. The molecule has 2 aliphatic rings. The Hall–Kier alpha value is -5.44. The van der Waals surface area contributed by atoms with Crippen molar-refractivity contribution in [2.24, 2.45) is 0 Å². The van der Waals surface area contributed by atoms with Gasteiger partial charge in [0.05, 0.1) is 27.8 Å². The van der Waals surface area contributed by atoms with E-state index in [9.17, 15) is 29.3 Å². The van der Waals surface area contributed by atoms with E-state index in [0.717, 1.165) is 10.5 Å². The average Bonchev–Trinajstić information content (AvgIpc) is 3.67. The number of ketones is 1. The number of amides is 3. The fourth-order valence-corrected chi connectivity index (χ4v) is 5.00. The predicted octanol–water partition coefficient (Wildman–Crippen LogP) is 4.84.